The van der Waals surface area contributed by atoms with Gasteiger partial charge in [-0.05, 0) is 30.7 Å². The molecule has 6 nitrogen and oxygen atoms in total. The molecule has 0 saturated heterocycles. The number of carbonyl (C=O) groups is 2. The van der Waals surface area contributed by atoms with Crippen molar-refractivity contribution in [2.45, 2.75) is 6.92 Å². The van der Waals surface area contributed by atoms with E-state index in [1.165, 1.54) is 14.2 Å². The molecule has 0 spiro atoms. The Kier molecular flexibility index (Phi) is 5.78. The van der Waals surface area contributed by atoms with Crippen LogP contribution in [0.4, 0.5) is 5.69 Å². The van der Waals surface area contributed by atoms with E-state index < -0.39 is 0 Å². The predicted octanol–water partition coefficient (Wildman–Crippen LogP) is 2.38. The summed E-state index contributed by atoms with van der Waals surface area (Å²) >= 11 is 0. The summed E-state index contributed by atoms with van der Waals surface area (Å²) in [7, 11) is 3.01. The molecule has 6 heteroatoms. The zero-order valence-electron chi connectivity index (χ0n) is 13.9. The van der Waals surface area contributed by atoms with Crippen molar-refractivity contribution in [1.29, 1.82) is 0 Å². The number of hydrogen-bond donors (Lipinski definition) is 2. The number of anilines is 1. The lowest BCUT2D eigenvalue weighted by molar-refractivity contribution is -0.115. The van der Waals surface area contributed by atoms with E-state index in [0.29, 0.717) is 17.1 Å². The van der Waals surface area contributed by atoms with E-state index in [2.05, 4.69) is 10.6 Å². The SMILES string of the molecule is COc1cc(OC)cc(C(=O)NCC(=O)Nc2ccccc2C)c1. The van der Waals surface area contributed by atoms with Crippen LogP contribution in [0.3, 0.4) is 0 Å². The van der Waals surface area contributed by atoms with E-state index in [-0.39, 0.29) is 18.4 Å². The van der Waals surface area contributed by atoms with Crippen LogP contribution in [0.1, 0.15) is 15.9 Å². The summed E-state index contributed by atoms with van der Waals surface area (Å²) in [5.41, 5.74) is 2.03. The van der Waals surface area contributed by atoms with Crippen LogP contribution in [0.5, 0.6) is 11.5 Å². The van der Waals surface area contributed by atoms with Crippen molar-refractivity contribution in [3.63, 3.8) is 0 Å². The molecule has 0 radical (unpaired) electrons. The largest absolute Gasteiger partial charge is 0.497 e. The molecule has 2 amide bonds. The Morgan fingerprint density at radius 1 is 1.00 bits per heavy atom. The Morgan fingerprint density at radius 3 is 2.21 bits per heavy atom. The number of aryl methyl sites for hydroxylation is 1. The lowest BCUT2D eigenvalue weighted by atomic mass is 10.2. The molecule has 126 valence electrons. The zero-order valence-corrected chi connectivity index (χ0v) is 13.9. The molecule has 0 heterocycles. The van der Waals surface area contributed by atoms with Gasteiger partial charge in [0, 0.05) is 17.3 Å². The van der Waals surface area contributed by atoms with Crippen LogP contribution in [0.2, 0.25) is 0 Å². The maximum atomic E-state index is 12.2. The van der Waals surface area contributed by atoms with Gasteiger partial charge in [0.25, 0.3) is 5.91 Å². The highest BCUT2D eigenvalue weighted by Gasteiger charge is 2.12. The Morgan fingerprint density at radius 2 is 1.62 bits per heavy atom. The van der Waals surface area contributed by atoms with Crippen molar-refractivity contribution in [1.82, 2.24) is 5.32 Å². The third-order valence-corrected chi connectivity index (χ3v) is 3.44. The van der Waals surface area contributed by atoms with Gasteiger partial charge in [0.15, 0.2) is 0 Å². The number of amides is 2. The van der Waals surface area contributed by atoms with Gasteiger partial charge in [-0.15, -0.1) is 0 Å². The normalized spacial score (nSPS) is 9.96. The van der Waals surface area contributed by atoms with Crippen LogP contribution >= 0.6 is 0 Å². The molecular weight excluding hydrogens is 308 g/mol. The van der Waals surface area contributed by atoms with Gasteiger partial charge in [0.05, 0.1) is 20.8 Å². The first kappa shape index (κ1) is 17.3. The molecule has 0 atom stereocenters. The second-order valence-corrected chi connectivity index (χ2v) is 5.15. The van der Waals surface area contributed by atoms with Gasteiger partial charge in [-0.1, -0.05) is 18.2 Å². The maximum absolute atomic E-state index is 12.2. The number of para-hydroxylation sites is 1. The topological polar surface area (TPSA) is 76.7 Å². The van der Waals surface area contributed by atoms with E-state index in [4.69, 9.17) is 9.47 Å². The minimum Gasteiger partial charge on any atom is -0.497 e. The molecule has 0 unspecified atom stereocenters. The summed E-state index contributed by atoms with van der Waals surface area (Å²) in [6.45, 7) is 1.77. The highest BCUT2D eigenvalue weighted by atomic mass is 16.5. The average molecular weight is 328 g/mol. The number of methoxy groups -OCH3 is 2. The molecular formula is C18H20N2O4. The fraction of sp³-hybridized carbons (Fsp3) is 0.222. The van der Waals surface area contributed by atoms with Crippen LogP contribution in [0, 0.1) is 6.92 Å². The smallest absolute Gasteiger partial charge is 0.251 e. The van der Waals surface area contributed by atoms with Crippen LogP contribution in [0.25, 0.3) is 0 Å². The second-order valence-electron chi connectivity index (χ2n) is 5.15. The summed E-state index contributed by atoms with van der Waals surface area (Å²) in [6.07, 6.45) is 0. The minimum atomic E-state index is -0.382. The number of carbonyl (C=O) groups excluding carboxylic acids is 2. The van der Waals surface area contributed by atoms with E-state index in [1.807, 2.05) is 31.2 Å². The van der Waals surface area contributed by atoms with Gasteiger partial charge in [-0.3, -0.25) is 9.59 Å². The number of rotatable bonds is 6. The molecule has 2 rings (SSSR count). The average Bonchev–Trinajstić information content (AvgIpc) is 2.61. The van der Waals surface area contributed by atoms with E-state index in [1.54, 1.807) is 18.2 Å². The Balaban J connectivity index is 1.98. The van der Waals surface area contributed by atoms with Gasteiger partial charge in [-0.25, -0.2) is 0 Å². The number of nitrogens with one attached hydrogen (secondary N) is 2. The number of ether oxygens (including phenoxy) is 2. The molecule has 0 bridgehead atoms. The minimum absolute atomic E-state index is 0.132. The van der Waals surface area contributed by atoms with Gasteiger partial charge in [0.1, 0.15) is 11.5 Å². The first-order chi connectivity index (χ1) is 11.5. The molecule has 0 aromatic heterocycles. The first-order valence-corrected chi connectivity index (χ1v) is 7.40. The van der Waals surface area contributed by atoms with Gasteiger partial charge in [-0.2, -0.15) is 0 Å². The molecule has 0 aliphatic heterocycles. The first-order valence-electron chi connectivity index (χ1n) is 7.40. The Bertz CT molecular complexity index is 721. The van der Waals surface area contributed by atoms with Crippen LogP contribution in [-0.2, 0) is 4.79 Å². The molecule has 0 fully saturated rings. The van der Waals surface area contributed by atoms with Crippen molar-refractivity contribution >= 4 is 17.5 Å². The van der Waals surface area contributed by atoms with Gasteiger partial charge >= 0.3 is 0 Å². The van der Waals surface area contributed by atoms with E-state index in [0.717, 1.165) is 11.3 Å². The lowest BCUT2D eigenvalue weighted by Gasteiger charge is -2.10. The second kappa shape index (κ2) is 8.01. The summed E-state index contributed by atoms with van der Waals surface area (Å²) in [5, 5.41) is 5.34. The maximum Gasteiger partial charge on any atom is 0.251 e. The Labute approximate surface area is 140 Å². The number of benzene rings is 2. The fourth-order valence-corrected chi connectivity index (χ4v) is 2.11. The summed E-state index contributed by atoms with van der Waals surface area (Å²) in [6, 6.07) is 12.3. The zero-order chi connectivity index (χ0) is 17.5. The summed E-state index contributed by atoms with van der Waals surface area (Å²) < 4.78 is 10.3. The molecule has 0 aliphatic carbocycles. The van der Waals surface area contributed by atoms with Crippen molar-refractivity contribution < 1.29 is 19.1 Å². The van der Waals surface area contributed by atoms with Crippen molar-refractivity contribution in [2.24, 2.45) is 0 Å². The monoisotopic (exact) mass is 328 g/mol. The predicted molar refractivity (Wildman–Crippen MR) is 91.7 cm³/mol. The van der Waals surface area contributed by atoms with Crippen molar-refractivity contribution in [3.05, 3.63) is 53.6 Å². The molecule has 2 aromatic rings. The molecule has 2 aromatic carbocycles. The van der Waals surface area contributed by atoms with Crippen molar-refractivity contribution in [3.8, 4) is 11.5 Å². The highest BCUT2D eigenvalue weighted by Crippen LogP contribution is 2.22. The van der Waals surface area contributed by atoms with E-state index >= 15 is 0 Å². The quantitative estimate of drug-likeness (QED) is 0.853. The molecule has 24 heavy (non-hydrogen) atoms. The summed E-state index contributed by atoms with van der Waals surface area (Å²) in [4.78, 5) is 24.2. The molecule has 0 saturated carbocycles. The highest BCUT2D eigenvalue weighted by molar-refractivity contribution is 6.00. The third kappa shape index (κ3) is 4.49. The number of hydrogen-bond acceptors (Lipinski definition) is 4. The lowest BCUT2D eigenvalue weighted by Crippen LogP contribution is -2.33. The molecule has 0 aliphatic rings. The third-order valence-electron chi connectivity index (χ3n) is 3.44. The van der Waals surface area contributed by atoms with Crippen LogP contribution in [-0.4, -0.2) is 32.6 Å². The van der Waals surface area contributed by atoms with Gasteiger partial charge < -0.3 is 20.1 Å². The molecule has 2 N–H and O–H groups in total. The van der Waals surface area contributed by atoms with Crippen LogP contribution in [0.15, 0.2) is 42.5 Å². The summed E-state index contributed by atoms with van der Waals surface area (Å²) in [5.74, 6) is 0.326. The van der Waals surface area contributed by atoms with Crippen molar-refractivity contribution in [2.75, 3.05) is 26.1 Å². The standard InChI is InChI=1S/C18H20N2O4/c1-12-6-4-5-7-16(12)20-17(21)11-19-18(22)13-8-14(23-2)10-15(9-13)24-3/h4-10H,11H2,1-3H3,(H,19,22)(H,20,21). The fourth-order valence-electron chi connectivity index (χ4n) is 2.11. The van der Waals surface area contributed by atoms with Gasteiger partial charge in [0.2, 0.25) is 5.91 Å². The Hall–Kier alpha value is -3.02. The van der Waals surface area contributed by atoms with E-state index in [9.17, 15) is 9.59 Å². The van der Waals surface area contributed by atoms with Crippen LogP contribution < -0.4 is 20.1 Å².